The number of carboxylic acids is 1. The molecule has 6 nitrogen and oxygen atoms in total. The van der Waals surface area contributed by atoms with Crippen LogP contribution in [0.2, 0.25) is 0 Å². The van der Waals surface area contributed by atoms with Crippen molar-refractivity contribution < 1.29 is 28.6 Å². The lowest BCUT2D eigenvalue weighted by atomic mass is 9.93. The van der Waals surface area contributed by atoms with E-state index in [9.17, 15) is 14.0 Å². The Labute approximate surface area is 133 Å². The standard InChI is InChI=1S/C16H20FNO5/c1-22-13-8-11(12(17)9-14(13)23-2)16(21)18-5-3-10(4-6-18)7-15(19)20/h8-10H,3-7H2,1-2H3,(H,19,20). The number of piperidine rings is 1. The fourth-order valence-electron chi connectivity index (χ4n) is 2.78. The van der Waals surface area contributed by atoms with Crippen LogP contribution >= 0.6 is 0 Å². The van der Waals surface area contributed by atoms with Crippen molar-refractivity contribution in [1.29, 1.82) is 0 Å². The smallest absolute Gasteiger partial charge is 0.303 e. The first kappa shape index (κ1) is 17.1. The number of amides is 1. The van der Waals surface area contributed by atoms with Gasteiger partial charge in [0.25, 0.3) is 5.91 Å². The number of ether oxygens (including phenoxy) is 2. The van der Waals surface area contributed by atoms with Gasteiger partial charge in [-0.05, 0) is 24.8 Å². The largest absolute Gasteiger partial charge is 0.493 e. The number of methoxy groups -OCH3 is 2. The molecule has 1 amide bonds. The Balaban J connectivity index is 2.11. The Morgan fingerprint density at radius 3 is 2.30 bits per heavy atom. The minimum absolute atomic E-state index is 0.0619. The van der Waals surface area contributed by atoms with E-state index in [1.807, 2.05) is 0 Å². The number of carboxylic acid groups (broad SMARTS) is 1. The third kappa shape index (κ3) is 3.91. The summed E-state index contributed by atoms with van der Waals surface area (Å²) >= 11 is 0. The number of nitrogens with zero attached hydrogens (tertiary/aromatic N) is 1. The molecule has 1 N–H and O–H groups in total. The third-order valence-electron chi connectivity index (χ3n) is 4.07. The first-order valence-corrected chi connectivity index (χ1v) is 7.38. The van der Waals surface area contributed by atoms with E-state index < -0.39 is 17.7 Å². The molecule has 0 atom stereocenters. The van der Waals surface area contributed by atoms with Crippen molar-refractivity contribution >= 4 is 11.9 Å². The van der Waals surface area contributed by atoms with Gasteiger partial charge >= 0.3 is 5.97 Å². The van der Waals surface area contributed by atoms with Crippen LogP contribution in [0.1, 0.15) is 29.6 Å². The van der Waals surface area contributed by atoms with Crippen LogP contribution in [0.15, 0.2) is 12.1 Å². The summed E-state index contributed by atoms with van der Waals surface area (Å²) in [6.07, 6.45) is 1.31. The molecule has 23 heavy (non-hydrogen) atoms. The number of aliphatic carboxylic acids is 1. The van der Waals surface area contributed by atoms with Gasteiger partial charge in [-0.1, -0.05) is 0 Å². The summed E-state index contributed by atoms with van der Waals surface area (Å²) in [5.41, 5.74) is -0.0701. The predicted molar refractivity (Wildman–Crippen MR) is 80.4 cm³/mol. The summed E-state index contributed by atoms with van der Waals surface area (Å²) in [7, 11) is 2.81. The molecule has 0 aliphatic carbocycles. The van der Waals surface area contributed by atoms with Gasteiger partial charge in [0.1, 0.15) is 5.82 Å². The second-order valence-electron chi connectivity index (χ2n) is 5.52. The number of likely N-dealkylation sites (tertiary alicyclic amines) is 1. The molecular weight excluding hydrogens is 305 g/mol. The average molecular weight is 325 g/mol. The SMILES string of the molecule is COc1cc(F)c(C(=O)N2CCC(CC(=O)O)CC2)cc1OC. The highest BCUT2D eigenvalue weighted by Crippen LogP contribution is 2.31. The average Bonchev–Trinajstić information content (AvgIpc) is 2.54. The van der Waals surface area contributed by atoms with E-state index >= 15 is 0 Å². The van der Waals surface area contributed by atoms with Gasteiger partial charge in [0.2, 0.25) is 0 Å². The van der Waals surface area contributed by atoms with Gasteiger partial charge in [-0.3, -0.25) is 9.59 Å². The van der Waals surface area contributed by atoms with Crippen LogP contribution in [-0.4, -0.2) is 49.2 Å². The highest BCUT2D eigenvalue weighted by atomic mass is 19.1. The van der Waals surface area contributed by atoms with Gasteiger partial charge in [-0.2, -0.15) is 0 Å². The van der Waals surface area contributed by atoms with Crippen LogP contribution < -0.4 is 9.47 Å². The van der Waals surface area contributed by atoms with E-state index in [1.54, 1.807) is 4.90 Å². The van der Waals surface area contributed by atoms with Crippen LogP contribution in [0.25, 0.3) is 0 Å². The van der Waals surface area contributed by atoms with Gasteiger partial charge in [-0.15, -0.1) is 0 Å². The zero-order chi connectivity index (χ0) is 17.0. The molecule has 1 heterocycles. The number of halogens is 1. The maximum atomic E-state index is 14.1. The van der Waals surface area contributed by atoms with E-state index in [0.29, 0.717) is 25.9 Å². The molecule has 0 unspecified atom stereocenters. The number of rotatable bonds is 5. The summed E-state index contributed by atoms with van der Waals surface area (Å²) in [5, 5.41) is 8.81. The summed E-state index contributed by atoms with van der Waals surface area (Å²) in [5.74, 6) is -1.34. The molecule has 0 saturated carbocycles. The first-order chi connectivity index (χ1) is 11.0. The molecule has 2 rings (SSSR count). The Morgan fingerprint density at radius 2 is 1.78 bits per heavy atom. The molecule has 0 radical (unpaired) electrons. The Hall–Kier alpha value is -2.31. The molecule has 1 aromatic rings. The minimum Gasteiger partial charge on any atom is -0.493 e. The number of carbonyl (C=O) groups excluding carboxylic acids is 1. The number of hydrogen-bond acceptors (Lipinski definition) is 4. The molecule has 1 fully saturated rings. The molecule has 0 aromatic heterocycles. The van der Waals surface area contributed by atoms with Crippen LogP contribution in [0.4, 0.5) is 4.39 Å². The molecule has 1 saturated heterocycles. The monoisotopic (exact) mass is 325 g/mol. The Kier molecular flexibility index (Phi) is 5.41. The molecule has 1 aliphatic heterocycles. The number of benzene rings is 1. The molecule has 0 bridgehead atoms. The van der Waals surface area contributed by atoms with Gasteiger partial charge in [0.15, 0.2) is 11.5 Å². The minimum atomic E-state index is -0.833. The van der Waals surface area contributed by atoms with Crippen molar-refractivity contribution in [1.82, 2.24) is 4.90 Å². The highest BCUT2D eigenvalue weighted by molar-refractivity contribution is 5.95. The molecule has 1 aliphatic rings. The van der Waals surface area contributed by atoms with Crippen molar-refractivity contribution in [2.45, 2.75) is 19.3 Å². The fourth-order valence-corrected chi connectivity index (χ4v) is 2.78. The van der Waals surface area contributed by atoms with Crippen molar-refractivity contribution in [3.63, 3.8) is 0 Å². The molecule has 7 heteroatoms. The second kappa shape index (κ2) is 7.30. The molecular formula is C16H20FNO5. The summed E-state index contributed by atoms with van der Waals surface area (Å²) in [4.78, 5) is 24.8. The Bertz CT molecular complexity index is 596. The van der Waals surface area contributed by atoms with Gasteiger partial charge in [0, 0.05) is 25.6 Å². The second-order valence-corrected chi connectivity index (χ2v) is 5.52. The van der Waals surface area contributed by atoms with E-state index in [4.69, 9.17) is 14.6 Å². The van der Waals surface area contributed by atoms with Crippen molar-refractivity contribution in [3.8, 4) is 11.5 Å². The van der Waals surface area contributed by atoms with Crippen molar-refractivity contribution in [3.05, 3.63) is 23.5 Å². The van der Waals surface area contributed by atoms with E-state index in [1.165, 1.54) is 20.3 Å². The molecule has 1 aromatic carbocycles. The zero-order valence-corrected chi connectivity index (χ0v) is 13.2. The lowest BCUT2D eigenvalue weighted by molar-refractivity contribution is -0.138. The number of hydrogen-bond donors (Lipinski definition) is 1. The third-order valence-corrected chi connectivity index (χ3v) is 4.07. The summed E-state index contributed by atoms with van der Waals surface area (Å²) < 4.78 is 24.3. The van der Waals surface area contributed by atoms with Crippen LogP contribution in [0.3, 0.4) is 0 Å². The lowest BCUT2D eigenvalue weighted by Crippen LogP contribution is -2.39. The van der Waals surface area contributed by atoms with Gasteiger partial charge in [-0.25, -0.2) is 4.39 Å². The molecule has 0 spiro atoms. The van der Waals surface area contributed by atoms with E-state index in [2.05, 4.69) is 0 Å². The molecule has 126 valence electrons. The first-order valence-electron chi connectivity index (χ1n) is 7.38. The highest BCUT2D eigenvalue weighted by Gasteiger charge is 2.27. The topological polar surface area (TPSA) is 76.1 Å². The van der Waals surface area contributed by atoms with E-state index in [-0.39, 0.29) is 29.4 Å². The van der Waals surface area contributed by atoms with Crippen molar-refractivity contribution in [2.75, 3.05) is 27.3 Å². The van der Waals surface area contributed by atoms with Crippen LogP contribution in [0.5, 0.6) is 11.5 Å². The van der Waals surface area contributed by atoms with Gasteiger partial charge in [0.05, 0.1) is 19.8 Å². The summed E-state index contributed by atoms with van der Waals surface area (Å²) in [6, 6.07) is 2.46. The quantitative estimate of drug-likeness (QED) is 0.898. The predicted octanol–water partition coefficient (Wildman–Crippen LogP) is 2.17. The zero-order valence-electron chi connectivity index (χ0n) is 13.2. The normalized spacial score (nSPS) is 15.3. The van der Waals surface area contributed by atoms with Crippen LogP contribution in [-0.2, 0) is 4.79 Å². The fraction of sp³-hybridized carbons (Fsp3) is 0.500. The maximum Gasteiger partial charge on any atom is 0.303 e. The van der Waals surface area contributed by atoms with Crippen molar-refractivity contribution in [2.24, 2.45) is 5.92 Å². The summed E-state index contributed by atoms with van der Waals surface area (Å²) in [6.45, 7) is 0.842. The Morgan fingerprint density at radius 1 is 1.22 bits per heavy atom. The lowest BCUT2D eigenvalue weighted by Gasteiger charge is -2.31. The maximum absolute atomic E-state index is 14.1. The van der Waals surface area contributed by atoms with E-state index in [0.717, 1.165) is 6.07 Å². The van der Waals surface area contributed by atoms with Crippen LogP contribution in [0, 0.1) is 11.7 Å². The van der Waals surface area contributed by atoms with Gasteiger partial charge < -0.3 is 19.5 Å². The number of carbonyl (C=O) groups is 2.